The first-order chi connectivity index (χ1) is 9.22. The molecule has 0 spiro atoms. The highest BCUT2D eigenvalue weighted by Gasteiger charge is 2.19. The normalized spacial score (nSPS) is 21.2. The van der Waals surface area contributed by atoms with Gasteiger partial charge in [0.05, 0.1) is 0 Å². The Bertz CT molecular complexity index is 203. The molecule has 1 heterocycles. The second-order valence-electron chi connectivity index (χ2n) is 6.70. The molecule has 1 fully saturated rings. The van der Waals surface area contributed by atoms with Crippen LogP contribution in [0.2, 0.25) is 0 Å². The molecule has 0 amide bonds. The van der Waals surface area contributed by atoms with Crippen molar-refractivity contribution in [2.45, 2.75) is 78.2 Å². The summed E-state index contributed by atoms with van der Waals surface area (Å²) in [5.74, 6) is 0.816. The first-order valence-corrected chi connectivity index (χ1v) is 8.68. The summed E-state index contributed by atoms with van der Waals surface area (Å²) >= 11 is 0. The second-order valence-corrected chi connectivity index (χ2v) is 6.70. The van der Waals surface area contributed by atoms with Gasteiger partial charge in [-0.05, 0) is 25.3 Å². The van der Waals surface area contributed by atoms with E-state index in [9.17, 15) is 0 Å². The van der Waals surface area contributed by atoms with E-state index in [-0.39, 0.29) is 0 Å². The number of nitrogens with zero attached hydrogens (tertiary/aromatic N) is 1. The number of rotatable bonds is 10. The van der Waals surface area contributed by atoms with Gasteiger partial charge in [-0.15, -0.1) is 0 Å². The van der Waals surface area contributed by atoms with E-state index >= 15 is 0 Å². The van der Waals surface area contributed by atoms with Crippen molar-refractivity contribution in [3.05, 3.63) is 0 Å². The predicted octanol–water partition coefficient (Wildman–Crippen LogP) is 4.06. The fourth-order valence-corrected chi connectivity index (χ4v) is 3.12. The van der Waals surface area contributed by atoms with Gasteiger partial charge in [0.25, 0.3) is 0 Å². The highest BCUT2D eigenvalue weighted by atomic mass is 15.2. The summed E-state index contributed by atoms with van der Waals surface area (Å²) in [4.78, 5) is 2.68. The molecule has 0 aromatic carbocycles. The van der Waals surface area contributed by atoms with E-state index in [1.54, 1.807) is 0 Å². The lowest BCUT2D eigenvalue weighted by atomic mass is 10.0. The molecule has 0 aromatic heterocycles. The fraction of sp³-hybridized carbons (Fsp3) is 1.00. The Labute approximate surface area is 121 Å². The smallest absolute Gasteiger partial charge is 0.0197 e. The van der Waals surface area contributed by atoms with Crippen LogP contribution in [0.5, 0.6) is 0 Å². The van der Waals surface area contributed by atoms with Gasteiger partial charge in [0.2, 0.25) is 0 Å². The summed E-state index contributed by atoms with van der Waals surface area (Å²) in [5, 5.41) is 3.66. The van der Waals surface area contributed by atoms with Crippen LogP contribution in [0.3, 0.4) is 0 Å². The van der Waals surface area contributed by atoms with Gasteiger partial charge in [-0.3, -0.25) is 0 Å². The first-order valence-electron chi connectivity index (χ1n) is 8.68. The van der Waals surface area contributed by atoms with E-state index in [2.05, 4.69) is 31.0 Å². The molecule has 0 aliphatic carbocycles. The highest BCUT2D eigenvalue weighted by molar-refractivity contribution is 4.79. The molecule has 19 heavy (non-hydrogen) atoms. The number of piperazine rings is 1. The molecule has 0 radical (unpaired) electrons. The van der Waals surface area contributed by atoms with Gasteiger partial charge in [-0.25, -0.2) is 0 Å². The largest absolute Gasteiger partial charge is 0.311 e. The summed E-state index contributed by atoms with van der Waals surface area (Å²) in [6.45, 7) is 12.0. The number of unbranched alkanes of at least 4 members (excludes halogenated alkanes) is 6. The molecule has 2 heteroatoms. The van der Waals surface area contributed by atoms with Gasteiger partial charge in [0.1, 0.15) is 0 Å². The molecule has 1 N–H and O–H groups in total. The van der Waals surface area contributed by atoms with Crippen molar-refractivity contribution >= 4 is 0 Å². The highest BCUT2D eigenvalue weighted by Crippen LogP contribution is 2.11. The summed E-state index contributed by atoms with van der Waals surface area (Å²) in [5.41, 5.74) is 0. The molecule has 1 aliphatic rings. The summed E-state index contributed by atoms with van der Waals surface area (Å²) in [6.07, 6.45) is 11.3. The Kier molecular flexibility index (Phi) is 9.54. The lowest BCUT2D eigenvalue weighted by Gasteiger charge is -2.34. The molecule has 1 atom stereocenters. The number of hydrogen-bond acceptors (Lipinski definition) is 2. The molecule has 2 nitrogen and oxygen atoms in total. The van der Waals surface area contributed by atoms with Crippen LogP contribution in [-0.4, -0.2) is 37.1 Å². The zero-order chi connectivity index (χ0) is 13.9. The van der Waals surface area contributed by atoms with Crippen LogP contribution in [0.25, 0.3) is 0 Å². The minimum Gasteiger partial charge on any atom is -0.311 e. The Morgan fingerprint density at radius 1 is 1.05 bits per heavy atom. The van der Waals surface area contributed by atoms with E-state index in [0.29, 0.717) is 0 Å². The molecule has 1 saturated heterocycles. The minimum atomic E-state index is 0.735. The number of hydrogen-bond donors (Lipinski definition) is 1. The third-order valence-corrected chi connectivity index (χ3v) is 4.17. The van der Waals surface area contributed by atoms with Crippen molar-refractivity contribution in [3.63, 3.8) is 0 Å². The molecule has 0 aromatic rings. The predicted molar refractivity (Wildman–Crippen MR) is 85.7 cm³/mol. The van der Waals surface area contributed by atoms with Crippen molar-refractivity contribution in [2.75, 3.05) is 26.2 Å². The van der Waals surface area contributed by atoms with Crippen LogP contribution < -0.4 is 5.32 Å². The maximum atomic E-state index is 3.66. The van der Waals surface area contributed by atoms with Crippen molar-refractivity contribution in [1.82, 2.24) is 10.2 Å². The third kappa shape index (κ3) is 8.65. The fourth-order valence-electron chi connectivity index (χ4n) is 3.12. The van der Waals surface area contributed by atoms with Crippen molar-refractivity contribution in [3.8, 4) is 0 Å². The van der Waals surface area contributed by atoms with Crippen LogP contribution in [0.1, 0.15) is 72.1 Å². The molecular weight excluding hydrogens is 232 g/mol. The van der Waals surface area contributed by atoms with Gasteiger partial charge in [-0.2, -0.15) is 0 Å². The van der Waals surface area contributed by atoms with Crippen LogP contribution >= 0.6 is 0 Å². The monoisotopic (exact) mass is 268 g/mol. The van der Waals surface area contributed by atoms with Gasteiger partial charge in [0.15, 0.2) is 0 Å². The Hall–Kier alpha value is -0.0800. The molecular formula is C17H36N2. The lowest BCUT2D eigenvalue weighted by molar-refractivity contribution is 0.183. The number of nitrogens with one attached hydrogen (secondary N) is 1. The van der Waals surface area contributed by atoms with E-state index in [4.69, 9.17) is 0 Å². The van der Waals surface area contributed by atoms with Crippen molar-refractivity contribution in [2.24, 2.45) is 5.92 Å². The van der Waals surface area contributed by atoms with E-state index in [1.807, 2.05) is 0 Å². The maximum absolute atomic E-state index is 3.66. The molecule has 1 aliphatic heterocycles. The molecule has 1 rings (SSSR count). The average molecular weight is 268 g/mol. The SMILES string of the molecule is CCCCCCCCCN1CCNC(CC(C)C)C1. The van der Waals surface area contributed by atoms with Crippen molar-refractivity contribution in [1.29, 1.82) is 0 Å². The first kappa shape index (κ1) is 17.0. The molecule has 0 bridgehead atoms. The van der Waals surface area contributed by atoms with E-state index in [0.717, 1.165) is 12.0 Å². The maximum Gasteiger partial charge on any atom is 0.0197 e. The van der Waals surface area contributed by atoms with Crippen LogP contribution in [0.4, 0.5) is 0 Å². The van der Waals surface area contributed by atoms with E-state index < -0.39 is 0 Å². The van der Waals surface area contributed by atoms with Crippen molar-refractivity contribution < 1.29 is 0 Å². The molecule has 0 saturated carbocycles. The van der Waals surface area contributed by atoms with Gasteiger partial charge in [0, 0.05) is 25.7 Å². The summed E-state index contributed by atoms with van der Waals surface area (Å²) < 4.78 is 0. The Balaban J connectivity index is 1.99. The molecule has 114 valence electrons. The average Bonchev–Trinajstić information content (AvgIpc) is 2.37. The second kappa shape index (κ2) is 10.7. The standard InChI is InChI=1S/C17H36N2/c1-4-5-6-7-8-9-10-12-19-13-11-18-17(15-19)14-16(2)3/h16-18H,4-15H2,1-3H3. The van der Waals surface area contributed by atoms with Crippen LogP contribution in [0.15, 0.2) is 0 Å². The van der Waals surface area contributed by atoms with Gasteiger partial charge >= 0.3 is 0 Å². The Morgan fingerprint density at radius 2 is 1.74 bits per heavy atom. The minimum absolute atomic E-state index is 0.735. The Morgan fingerprint density at radius 3 is 2.42 bits per heavy atom. The topological polar surface area (TPSA) is 15.3 Å². The van der Waals surface area contributed by atoms with Crippen LogP contribution in [-0.2, 0) is 0 Å². The van der Waals surface area contributed by atoms with Gasteiger partial charge < -0.3 is 10.2 Å². The van der Waals surface area contributed by atoms with Crippen LogP contribution in [0, 0.1) is 5.92 Å². The van der Waals surface area contributed by atoms with Gasteiger partial charge in [-0.1, -0.05) is 59.3 Å². The zero-order valence-electron chi connectivity index (χ0n) is 13.6. The zero-order valence-corrected chi connectivity index (χ0v) is 13.6. The van der Waals surface area contributed by atoms with E-state index in [1.165, 1.54) is 77.5 Å². The lowest BCUT2D eigenvalue weighted by Crippen LogP contribution is -2.51. The quantitative estimate of drug-likeness (QED) is 0.601. The summed E-state index contributed by atoms with van der Waals surface area (Å²) in [7, 11) is 0. The summed E-state index contributed by atoms with van der Waals surface area (Å²) in [6, 6.07) is 0.735. The molecule has 1 unspecified atom stereocenters. The third-order valence-electron chi connectivity index (χ3n) is 4.17.